The monoisotopic (exact) mass is 731 g/mol. The second kappa shape index (κ2) is 12.5. The Morgan fingerprint density at radius 3 is 2.25 bits per heavy atom. The van der Waals surface area contributed by atoms with Gasteiger partial charge < -0.3 is 20.5 Å². The van der Waals surface area contributed by atoms with E-state index in [1.807, 2.05) is 18.2 Å². The average Bonchev–Trinajstić information content (AvgIpc) is 3.78. The smallest absolute Gasteiger partial charge is 0.315 e. The molecule has 7 rings (SSSR count). The third-order valence-corrected chi connectivity index (χ3v) is 17.1. The molecule has 6 aliphatic rings. The first-order valence-corrected chi connectivity index (χ1v) is 20.6. The van der Waals surface area contributed by atoms with Crippen LogP contribution in [0.25, 0.3) is 0 Å². The number of amides is 2. The first-order valence-electron chi connectivity index (χ1n) is 20.6. The third kappa shape index (κ3) is 5.78. The summed E-state index contributed by atoms with van der Waals surface area (Å²) >= 11 is 0. The SMILES string of the molecule is CC(C)C1C(=O)C[C@]2(NC(=O)NC3(c4ccccn4)CC3)CC[C@]3(C)C(CCC4C3(C)CCC3C(C)(C)[C@@H](OC(=O)CC(C)(C)C(=O)O)CC[C@@]34C)C12. The first-order chi connectivity index (χ1) is 24.7. The van der Waals surface area contributed by atoms with Crippen LogP contribution in [0.2, 0.25) is 0 Å². The summed E-state index contributed by atoms with van der Waals surface area (Å²) in [6, 6.07) is 5.69. The van der Waals surface area contributed by atoms with E-state index in [9.17, 15) is 24.3 Å². The Hall–Kier alpha value is -2.97. The van der Waals surface area contributed by atoms with E-state index in [1.54, 1.807) is 20.0 Å². The summed E-state index contributed by atoms with van der Waals surface area (Å²) in [7, 11) is 0. The van der Waals surface area contributed by atoms with E-state index in [0.29, 0.717) is 30.0 Å². The maximum absolute atomic E-state index is 14.1. The normalized spacial score (nSPS) is 40.9. The topological polar surface area (TPSA) is 135 Å². The Morgan fingerprint density at radius 2 is 1.62 bits per heavy atom. The van der Waals surface area contributed by atoms with Crippen molar-refractivity contribution in [1.82, 2.24) is 15.6 Å². The minimum absolute atomic E-state index is 0.00945. The van der Waals surface area contributed by atoms with Crippen LogP contribution in [0.1, 0.15) is 145 Å². The van der Waals surface area contributed by atoms with Gasteiger partial charge in [-0.25, -0.2) is 4.79 Å². The molecule has 0 aromatic carbocycles. The van der Waals surface area contributed by atoms with E-state index in [1.165, 1.54) is 0 Å². The second-order valence-electron chi connectivity index (χ2n) is 20.8. The van der Waals surface area contributed by atoms with Crippen LogP contribution in [-0.4, -0.2) is 45.5 Å². The van der Waals surface area contributed by atoms with Crippen LogP contribution in [0, 0.1) is 62.6 Å². The first kappa shape index (κ1) is 38.3. The number of hydrogen-bond acceptors (Lipinski definition) is 6. The molecule has 3 N–H and O–H groups in total. The van der Waals surface area contributed by atoms with Crippen molar-refractivity contribution >= 4 is 23.8 Å². The Labute approximate surface area is 317 Å². The highest BCUT2D eigenvalue weighted by molar-refractivity contribution is 5.88. The summed E-state index contributed by atoms with van der Waals surface area (Å²) < 4.78 is 6.17. The van der Waals surface area contributed by atoms with Gasteiger partial charge >= 0.3 is 18.0 Å². The number of carboxylic acids is 1. The fourth-order valence-corrected chi connectivity index (χ4v) is 14.0. The van der Waals surface area contributed by atoms with Gasteiger partial charge in [0, 0.05) is 24.0 Å². The van der Waals surface area contributed by atoms with Crippen molar-refractivity contribution in [2.24, 2.45) is 62.6 Å². The number of nitrogens with zero attached hydrogens (tertiary/aromatic N) is 1. The Morgan fingerprint density at radius 1 is 0.906 bits per heavy atom. The number of Topliss-reactive ketones (excluding diaryl/α,β-unsaturated/α-hetero) is 1. The minimum Gasteiger partial charge on any atom is -0.481 e. The number of esters is 1. The number of ether oxygens (including phenoxy) is 1. The molecule has 10 atom stereocenters. The summed E-state index contributed by atoms with van der Waals surface area (Å²) in [6.07, 6.45) is 11.4. The van der Waals surface area contributed by atoms with Crippen LogP contribution in [0.15, 0.2) is 24.4 Å². The van der Waals surface area contributed by atoms with E-state index in [2.05, 4.69) is 64.1 Å². The number of aromatic nitrogens is 1. The predicted octanol–water partition coefficient (Wildman–Crippen LogP) is 8.45. The number of fused-ring (bicyclic) bond motifs is 7. The van der Waals surface area contributed by atoms with Gasteiger partial charge in [0.2, 0.25) is 0 Å². The number of ketones is 1. The van der Waals surface area contributed by atoms with Crippen molar-refractivity contribution in [2.45, 2.75) is 157 Å². The summed E-state index contributed by atoms with van der Waals surface area (Å²) in [6.45, 7) is 19.7. The largest absolute Gasteiger partial charge is 0.481 e. The van der Waals surface area contributed by atoms with E-state index in [0.717, 1.165) is 69.9 Å². The molecule has 0 bridgehead atoms. The third-order valence-electron chi connectivity index (χ3n) is 17.1. The van der Waals surface area contributed by atoms with E-state index in [-0.39, 0.29) is 58.0 Å². The van der Waals surface area contributed by atoms with Crippen LogP contribution < -0.4 is 10.6 Å². The number of hydrogen-bond donors (Lipinski definition) is 3. The van der Waals surface area contributed by atoms with Gasteiger partial charge in [-0.05, 0) is 136 Å². The number of carboxylic acid groups (broad SMARTS) is 1. The van der Waals surface area contributed by atoms with Gasteiger partial charge in [0.15, 0.2) is 0 Å². The quantitative estimate of drug-likeness (QED) is 0.229. The number of carbonyl (C=O) groups is 4. The van der Waals surface area contributed by atoms with Crippen molar-refractivity contribution in [3.63, 3.8) is 0 Å². The standard InChI is InChI=1S/C44H65N3O6/c1-26(2)34-28(48)24-44(47-37(52)46-43(21-22-43)31-12-10-11-23-45-31)20-19-41(8)27(35(34)44)13-14-30-40(7)17-16-32(53-33(49)25-38(3,4)36(50)51)39(5,6)29(40)15-18-42(30,41)9/h10-12,23,26-27,29-30,32,34-35H,13-22,24-25H2,1-9H3,(H,50,51)(H2,46,47,52)/t27?,29?,30?,32-,34?,35?,40-,41+,42?,44+/m0/s1. The number of pyridine rings is 1. The Bertz CT molecular complexity index is 1650. The highest BCUT2D eigenvalue weighted by Gasteiger charge is 2.72. The molecular formula is C44H65N3O6. The highest BCUT2D eigenvalue weighted by Crippen LogP contribution is 2.76. The zero-order valence-electron chi connectivity index (χ0n) is 33.8. The van der Waals surface area contributed by atoms with Crippen molar-refractivity contribution in [3.05, 3.63) is 30.1 Å². The Balaban J connectivity index is 1.14. The predicted molar refractivity (Wildman–Crippen MR) is 202 cm³/mol. The summed E-state index contributed by atoms with van der Waals surface area (Å²) in [5, 5.41) is 16.5. The summed E-state index contributed by atoms with van der Waals surface area (Å²) in [4.78, 5) is 57.6. The molecule has 6 fully saturated rings. The highest BCUT2D eigenvalue weighted by atomic mass is 16.5. The van der Waals surface area contributed by atoms with E-state index < -0.39 is 28.4 Å². The van der Waals surface area contributed by atoms with E-state index in [4.69, 9.17) is 4.74 Å². The lowest BCUT2D eigenvalue weighted by atomic mass is 9.32. The van der Waals surface area contributed by atoms with Gasteiger partial charge in [0.05, 0.1) is 28.6 Å². The lowest BCUT2D eigenvalue weighted by molar-refractivity contribution is -0.247. The molecule has 0 radical (unpaired) electrons. The number of nitrogens with one attached hydrogen (secondary N) is 2. The molecule has 0 aliphatic heterocycles. The maximum Gasteiger partial charge on any atom is 0.315 e. The molecule has 6 saturated carbocycles. The lowest BCUT2D eigenvalue weighted by Gasteiger charge is -2.73. The molecule has 9 nitrogen and oxygen atoms in total. The van der Waals surface area contributed by atoms with Gasteiger partial charge in [-0.3, -0.25) is 19.4 Å². The number of carbonyl (C=O) groups excluding carboxylic acids is 3. The van der Waals surface area contributed by atoms with Crippen LogP contribution >= 0.6 is 0 Å². The second-order valence-corrected chi connectivity index (χ2v) is 20.8. The van der Waals surface area contributed by atoms with Crippen LogP contribution in [-0.2, 0) is 24.7 Å². The molecule has 53 heavy (non-hydrogen) atoms. The van der Waals surface area contributed by atoms with Gasteiger partial charge in [0.25, 0.3) is 0 Å². The van der Waals surface area contributed by atoms with Crippen LogP contribution in [0.4, 0.5) is 4.79 Å². The molecule has 6 aliphatic carbocycles. The molecule has 0 saturated heterocycles. The molecular weight excluding hydrogens is 666 g/mol. The van der Waals surface area contributed by atoms with Gasteiger partial charge in [-0.15, -0.1) is 0 Å². The number of urea groups is 1. The van der Waals surface area contributed by atoms with Crippen molar-refractivity contribution in [1.29, 1.82) is 0 Å². The molecule has 2 amide bonds. The van der Waals surface area contributed by atoms with Gasteiger partial charge in [-0.2, -0.15) is 0 Å². The Kier molecular flexibility index (Phi) is 9.05. The molecule has 292 valence electrons. The van der Waals surface area contributed by atoms with Crippen molar-refractivity contribution in [2.75, 3.05) is 0 Å². The van der Waals surface area contributed by atoms with Crippen LogP contribution in [0.3, 0.4) is 0 Å². The van der Waals surface area contributed by atoms with Gasteiger partial charge in [-0.1, -0.05) is 54.5 Å². The zero-order chi connectivity index (χ0) is 38.6. The number of rotatable bonds is 8. The number of aliphatic carboxylic acids is 1. The minimum atomic E-state index is -1.17. The molecule has 6 unspecified atom stereocenters. The van der Waals surface area contributed by atoms with E-state index >= 15 is 0 Å². The zero-order valence-corrected chi connectivity index (χ0v) is 33.8. The molecule has 9 heteroatoms. The summed E-state index contributed by atoms with van der Waals surface area (Å²) in [5.41, 5.74) is -1.36. The fourth-order valence-electron chi connectivity index (χ4n) is 14.0. The van der Waals surface area contributed by atoms with Crippen molar-refractivity contribution < 1.29 is 29.0 Å². The summed E-state index contributed by atoms with van der Waals surface area (Å²) in [5.74, 6) is 0.291. The lowest BCUT2D eigenvalue weighted by Crippen LogP contribution is -2.69. The fraction of sp³-hybridized carbons (Fsp3) is 0.795. The molecule has 1 heterocycles. The average molecular weight is 732 g/mol. The van der Waals surface area contributed by atoms with Gasteiger partial charge in [0.1, 0.15) is 11.9 Å². The molecule has 1 aromatic heterocycles. The van der Waals surface area contributed by atoms with Crippen molar-refractivity contribution in [3.8, 4) is 0 Å². The van der Waals surface area contributed by atoms with Crippen LogP contribution in [0.5, 0.6) is 0 Å². The molecule has 0 spiro atoms. The molecule has 1 aromatic rings. The maximum atomic E-state index is 14.1.